The van der Waals surface area contributed by atoms with Crippen molar-refractivity contribution >= 4 is 17.0 Å². The maximum atomic E-state index is 5.47. The van der Waals surface area contributed by atoms with E-state index < -0.39 is 0 Å². The summed E-state index contributed by atoms with van der Waals surface area (Å²) in [5.74, 6) is 0. The Balaban J connectivity index is 2.60. The molecule has 0 amide bonds. The topological polar surface area (TPSA) is 13.1 Å². The van der Waals surface area contributed by atoms with Gasteiger partial charge in [0.1, 0.15) is 5.58 Å². The molecule has 0 saturated heterocycles. The second kappa shape index (κ2) is 2.01. The fourth-order valence-electron chi connectivity index (χ4n) is 1.73. The number of rotatable bonds is 0. The molecular weight excluding hydrogens is 148 g/mol. The summed E-state index contributed by atoms with van der Waals surface area (Å²) in [5.41, 5.74) is 3.51. The van der Waals surface area contributed by atoms with E-state index >= 15 is 0 Å². The summed E-state index contributed by atoms with van der Waals surface area (Å²) in [6.07, 6.45) is 7.15. The summed E-state index contributed by atoms with van der Waals surface area (Å²) in [6, 6.07) is 6.27. The average molecular weight is 156 g/mol. The van der Waals surface area contributed by atoms with Crippen LogP contribution in [0.1, 0.15) is 11.1 Å². The zero-order chi connectivity index (χ0) is 7.97. The summed E-state index contributed by atoms with van der Waals surface area (Å²) in [6.45, 7) is 0. The molecule has 1 heteroatoms. The van der Waals surface area contributed by atoms with E-state index in [4.69, 9.17) is 4.42 Å². The third kappa shape index (κ3) is 0.632. The number of allylic oxidation sites excluding steroid dienone is 1. The molecule has 0 spiro atoms. The fourth-order valence-corrected chi connectivity index (χ4v) is 1.73. The fraction of sp³-hybridized carbons (Fsp3) is 0.0909. The Morgan fingerprint density at radius 2 is 2.25 bits per heavy atom. The Morgan fingerprint density at radius 3 is 3.25 bits per heavy atom. The average Bonchev–Trinajstić information content (AvgIpc) is 2.41. The number of furan rings is 1. The van der Waals surface area contributed by atoms with Gasteiger partial charge in [-0.2, -0.15) is 0 Å². The van der Waals surface area contributed by atoms with Gasteiger partial charge in [0.15, 0.2) is 0 Å². The standard InChI is InChI=1S/C11H8O/c1-3-8-4-2-6-10-9(5-1)7-12-11(8)10/h1-4,6-7H,5H2. The van der Waals surface area contributed by atoms with E-state index in [9.17, 15) is 0 Å². The molecule has 0 unspecified atom stereocenters. The second-order valence-electron chi connectivity index (χ2n) is 3.09. The lowest BCUT2D eigenvalue weighted by molar-refractivity contribution is 0.610. The van der Waals surface area contributed by atoms with E-state index in [1.54, 1.807) is 0 Å². The van der Waals surface area contributed by atoms with Gasteiger partial charge in [-0.25, -0.2) is 0 Å². The van der Waals surface area contributed by atoms with Gasteiger partial charge in [-0.15, -0.1) is 0 Å². The summed E-state index contributed by atoms with van der Waals surface area (Å²) >= 11 is 0. The van der Waals surface area contributed by atoms with Crippen molar-refractivity contribution in [3.8, 4) is 0 Å². The second-order valence-corrected chi connectivity index (χ2v) is 3.09. The lowest BCUT2D eigenvalue weighted by Gasteiger charge is -1.91. The predicted octanol–water partition coefficient (Wildman–Crippen LogP) is 3.00. The molecule has 1 aliphatic rings. The number of para-hydroxylation sites is 1. The molecule has 0 N–H and O–H groups in total. The predicted molar refractivity (Wildman–Crippen MR) is 49.0 cm³/mol. The van der Waals surface area contributed by atoms with E-state index in [1.807, 2.05) is 6.26 Å². The van der Waals surface area contributed by atoms with Crippen LogP contribution in [0.4, 0.5) is 0 Å². The van der Waals surface area contributed by atoms with Crippen molar-refractivity contribution in [1.82, 2.24) is 0 Å². The first kappa shape index (κ1) is 6.06. The number of benzene rings is 1. The molecule has 2 aromatic rings. The number of hydrogen-bond acceptors (Lipinski definition) is 1. The van der Waals surface area contributed by atoms with E-state index in [-0.39, 0.29) is 0 Å². The van der Waals surface area contributed by atoms with E-state index in [1.165, 1.54) is 16.5 Å². The molecule has 0 fully saturated rings. The van der Waals surface area contributed by atoms with Crippen molar-refractivity contribution < 1.29 is 4.42 Å². The summed E-state index contributed by atoms with van der Waals surface area (Å²) in [5, 5.41) is 1.26. The van der Waals surface area contributed by atoms with Crippen LogP contribution in [-0.4, -0.2) is 0 Å². The van der Waals surface area contributed by atoms with Crippen LogP contribution in [0.15, 0.2) is 35.0 Å². The molecule has 1 aromatic carbocycles. The lowest BCUT2D eigenvalue weighted by atomic mass is 10.1. The largest absolute Gasteiger partial charge is 0.463 e. The highest BCUT2D eigenvalue weighted by Crippen LogP contribution is 2.28. The van der Waals surface area contributed by atoms with Gasteiger partial charge in [-0.3, -0.25) is 0 Å². The minimum Gasteiger partial charge on any atom is -0.463 e. The maximum absolute atomic E-state index is 5.47. The quantitative estimate of drug-likeness (QED) is 0.571. The number of hydrogen-bond donors (Lipinski definition) is 0. The van der Waals surface area contributed by atoms with E-state index in [0.717, 1.165) is 12.0 Å². The van der Waals surface area contributed by atoms with E-state index in [2.05, 4.69) is 30.4 Å². The monoisotopic (exact) mass is 156 g/mol. The normalized spacial score (nSPS) is 14.0. The highest BCUT2D eigenvalue weighted by molar-refractivity contribution is 5.90. The van der Waals surface area contributed by atoms with Crippen LogP contribution < -0.4 is 0 Å². The zero-order valence-corrected chi connectivity index (χ0v) is 6.58. The van der Waals surface area contributed by atoms with Crippen molar-refractivity contribution in [3.05, 3.63) is 41.7 Å². The minimum absolute atomic E-state index is 0.987. The molecule has 0 aliphatic heterocycles. The SMILES string of the molecule is C1=Cc2cccc3c(coc23)C1. The van der Waals surface area contributed by atoms with Crippen molar-refractivity contribution in [2.24, 2.45) is 0 Å². The summed E-state index contributed by atoms with van der Waals surface area (Å²) < 4.78 is 5.47. The van der Waals surface area contributed by atoms with Crippen molar-refractivity contribution in [2.45, 2.75) is 6.42 Å². The van der Waals surface area contributed by atoms with Gasteiger partial charge < -0.3 is 4.42 Å². The molecule has 1 heterocycles. The summed E-state index contributed by atoms with van der Waals surface area (Å²) in [7, 11) is 0. The highest BCUT2D eigenvalue weighted by atomic mass is 16.3. The van der Waals surface area contributed by atoms with Gasteiger partial charge in [0.25, 0.3) is 0 Å². The van der Waals surface area contributed by atoms with Crippen molar-refractivity contribution in [2.75, 3.05) is 0 Å². The van der Waals surface area contributed by atoms with Gasteiger partial charge in [-0.1, -0.05) is 30.4 Å². The molecule has 0 saturated carbocycles. The molecule has 4 bridgehead atoms. The van der Waals surface area contributed by atoms with Gasteiger partial charge >= 0.3 is 0 Å². The van der Waals surface area contributed by atoms with Gasteiger partial charge in [0, 0.05) is 16.5 Å². The summed E-state index contributed by atoms with van der Waals surface area (Å²) in [4.78, 5) is 0. The molecule has 1 nitrogen and oxygen atoms in total. The first-order chi connectivity index (χ1) is 5.95. The minimum atomic E-state index is 0.987. The third-order valence-corrected chi connectivity index (χ3v) is 2.35. The van der Waals surface area contributed by atoms with Crippen LogP contribution >= 0.6 is 0 Å². The Labute approximate surface area is 70.3 Å². The van der Waals surface area contributed by atoms with Crippen LogP contribution in [0.5, 0.6) is 0 Å². The van der Waals surface area contributed by atoms with Crippen LogP contribution in [0.3, 0.4) is 0 Å². The van der Waals surface area contributed by atoms with Crippen LogP contribution in [0, 0.1) is 0 Å². The van der Waals surface area contributed by atoms with Crippen molar-refractivity contribution in [3.63, 3.8) is 0 Å². The lowest BCUT2D eigenvalue weighted by Crippen LogP contribution is -1.72. The Hall–Kier alpha value is -1.50. The highest BCUT2D eigenvalue weighted by Gasteiger charge is 2.09. The van der Waals surface area contributed by atoms with Gasteiger partial charge in [0.2, 0.25) is 0 Å². The molecule has 3 rings (SSSR count). The maximum Gasteiger partial charge on any atom is 0.141 e. The van der Waals surface area contributed by atoms with Gasteiger partial charge in [-0.05, 0) is 6.42 Å². The molecule has 58 valence electrons. The Bertz CT molecular complexity index is 463. The Kier molecular flexibility index (Phi) is 1.01. The third-order valence-electron chi connectivity index (χ3n) is 2.35. The smallest absolute Gasteiger partial charge is 0.141 e. The molecule has 0 radical (unpaired) electrons. The molecule has 1 aromatic heterocycles. The zero-order valence-electron chi connectivity index (χ0n) is 6.58. The molecular formula is C11H8O. The first-order valence-corrected chi connectivity index (χ1v) is 4.11. The van der Waals surface area contributed by atoms with Gasteiger partial charge in [0.05, 0.1) is 6.26 Å². The first-order valence-electron chi connectivity index (χ1n) is 4.11. The van der Waals surface area contributed by atoms with E-state index in [0.29, 0.717) is 0 Å². The molecule has 1 aliphatic carbocycles. The Morgan fingerprint density at radius 1 is 1.25 bits per heavy atom. The van der Waals surface area contributed by atoms with Crippen LogP contribution in [-0.2, 0) is 6.42 Å². The van der Waals surface area contributed by atoms with Crippen LogP contribution in [0.25, 0.3) is 17.0 Å². The van der Waals surface area contributed by atoms with Crippen LogP contribution in [0.2, 0.25) is 0 Å². The van der Waals surface area contributed by atoms with Crippen molar-refractivity contribution in [1.29, 1.82) is 0 Å². The molecule has 12 heavy (non-hydrogen) atoms. The molecule has 0 atom stereocenters.